The van der Waals surface area contributed by atoms with Gasteiger partial charge in [0.05, 0.1) is 17.0 Å². The highest BCUT2D eigenvalue weighted by Gasteiger charge is 2.32. The Morgan fingerprint density at radius 3 is 2.04 bits per heavy atom. The summed E-state index contributed by atoms with van der Waals surface area (Å²) in [6.07, 6.45) is 1.04. The number of carbonyl (C=O) groups excluding carboxylic acids is 1. The van der Waals surface area contributed by atoms with Crippen LogP contribution < -0.4 is 9.62 Å². The molecule has 0 aromatic heterocycles. The van der Waals surface area contributed by atoms with Gasteiger partial charge in [-0.25, -0.2) is 8.42 Å². The number of anilines is 1. The predicted molar refractivity (Wildman–Crippen MR) is 105 cm³/mol. The van der Waals surface area contributed by atoms with E-state index in [4.69, 9.17) is 23.2 Å². The number of carbonyl (C=O) groups is 1. The average molecular weight is 409 g/mol. The van der Waals surface area contributed by atoms with Gasteiger partial charge in [0.25, 0.3) is 0 Å². The van der Waals surface area contributed by atoms with Gasteiger partial charge in [-0.1, -0.05) is 50.9 Å². The van der Waals surface area contributed by atoms with Crippen molar-refractivity contribution in [3.8, 4) is 0 Å². The van der Waals surface area contributed by atoms with E-state index in [1.807, 2.05) is 27.7 Å². The molecule has 0 bridgehead atoms. The maximum atomic E-state index is 12.7. The smallest absolute Gasteiger partial charge is 0.243 e. The Hall–Kier alpha value is -0.980. The monoisotopic (exact) mass is 408 g/mol. The molecule has 1 unspecified atom stereocenters. The Labute approximate surface area is 160 Å². The highest BCUT2D eigenvalue weighted by atomic mass is 35.5. The zero-order chi connectivity index (χ0) is 19.5. The lowest BCUT2D eigenvalue weighted by atomic mass is 9.93. The maximum absolute atomic E-state index is 12.7. The molecule has 25 heavy (non-hydrogen) atoms. The van der Waals surface area contributed by atoms with E-state index in [1.165, 1.54) is 19.1 Å². The van der Waals surface area contributed by atoms with Crippen molar-refractivity contribution in [2.75, 3.05) is 10.6 Å². The fourth-order valence-corrected chi connectivity index (χ4v) is 4.43. The Morgan fingerprint density at radius 1 is 1.08 bits per heavy atom. The van der Waals surface area contributed by atoms with Crippen molar-refractivity contribution in [3.63, 3.8) is 0 Å². The van der Waals surface area contributed by atoms with E-state index in [0.717, 1.165) is 10.6 Å². The molecule has 1 aromatic carbocycles. The number of benzene rings is 1. The number of hydrogen-bond donors (Lipinski definition) is 1. The van der Waals surface area contributed by atoms with Crippen molar-refractivity contribution < 1.29 is 13.2 Å². The van der Waals surface area contributed by atoms with Crippen molar-refractivity contribution in [1.29, 1.82) is 0 Å². The first-order valence-corrected chi connectivity index (χ1v) is 10.7. The van der Waals surface area contributed by atoms with Gasteiger partial charge in [0.15, 0.2) is 0 Å². The molecule has 1 rings (SSSR count). The first-order valence-electron chi connectivity index (χ1n) is 8.11. The zero-order valence-electron chi connectivity index (χ0n) is 15.4. The van der Waals surface area contributed by atoms with Gasteiger partial charge in [-0.15, -0.1) is 0 Å². The molecule has 1 N–H and O–H groups in total. The Balaban J connectivity index is 3.24. The van der Waals surface area contributed by atoms with Crippen molar-refractivity contribution in [2.24, 2.45) is 11.8 Å². The normalized spacial score (nSPS) is 13.4. The van der Waals surface area contributed by atoms with E-state index in [-0.39, 0.29) is 34.5 Å². The molecule has 0 fully saturated rings. The number of sulfonamides is 1. The number of amides is 1. The molecule has 0 aliphatic rings. The third-order valence-corrected chi connectivity index (χ3v) is 5.76. The van der Waals surface area contributed by atoms with Gasteiger partial charge in [-0.2, -0.15) is 0 Å². The summed E-state index contributed by atoms with van der Waals surface area (Å²) in [6.45, 7) is 9.58. The van der Waals surface area contributed by atoms with Crippen LogP contribution in [0.4, 0.5) is 5.69 Å². The van der Waals surface area contributed by atoms with Crippen molar-refractivity contribution in [1.82, 2.24) is 5.32 Å². The molecule has 0 saturated carbocycles. The molecule has 0 aliphatic carbocycles. The Morgan fingerprint density at radius 2 is 1.60 bits per heavy atom. The summed E-state index contributed by atoms with van der Waals surface area (Å²) in [5.74, 6) is 0.0593. The van der Waals surface area contributed by atoms with Crippen molar-refractivity contribution in [3.05, 3.63) is 28.2 Å². The second kappa shape index (κ2) is 8.60. The number of hydrogen-bond acceptors (Lipinski definition) is 3. The molecular formula is C17H26Cl2N2O3S. The minimum absolute atomic E-state index is 0.0637. The average Bonchev–Trinajstić information content (AvgIpc) is 2.46. The standard InChI is InChI=1S/C17H26Cl2N2O3S/c1-10(2)16(11(3)4)20-17(22)12(5)21(25(6,23)24)15-9-13(18)7-8-14(15)19/h7-12,16H,1-6H3,(H,20,22). The molecule has 1 atom stereocenters. The van der Waals surface area contributed by atoms with E-state index in [1.54, 1.807) is 6.07 Å². The van der Waals surface area contributed by atoms with Crippen LogP contribution in [0.3, 0.4) is 0 Å². The van der Waals surface area contributed by atoms with Crippen LogP contribution >= 0.6 is 23.2 Å². The molecule has 0 spiro atoms. The molecule has 1 aromatic rings. The van der Waals surface area contributed by atoms with E-state index in [2.05, 4.69) is 5.32 Å². The molecule has 0 aliphatic heterocycles. The molecule has 8 heteroatoms. The number of nitrogens with zero attached hydrogens (tertiary/aromatic N) is 1. The lowest BCUT2D eigenvalue weighted by Gasteiger charge is -2.32. The fraction of sp³-hybridized carbons (Fsp3) is 0.588. The van der Waals surface area contributed by atoms with E-state index in [9.17, 15) is 13.2 Å². The van der Waals surface area contributed by atoms with Crippen LogP contribution in [0.15, 0.2) is 18.2 Å². The number of halogens is 2. The predicted octanol–water partition coefficient (Wildman–Crippen LogP) is 3.94. The summed E-state index contributed by atoms with van der Waals surface area (Å²) in [4.78, 5) is 12.7. The second-order valence-electron chi connectivity index (χ2n) is 6.85. The van der Waals surface area contributed by atoms with Crippen molar-refractivity contribution in [2.45, 2.75) is 46.7 Å². The largest absolute Gasteiger partial charge is 0.351 e. The summed E-state index contributed by atoms with van der Waals surface area (Å²) in [7, 11) is -3.75. The molecule has 142 valence electrons. The molecule has 0 saturated heterocycles. The number of rotatable bonds is 7. The Bertz CT molecular complexity index is 713. The minimum Gasteiger partial charge on any atom is -0.351 e. The highest BCUT2D eigenvalue weighted by Crippen LogP contribution is 2.32. The summed E-state index contributed by atoms with van der Waals surface area (Å²) in [5, 5.41) is 3.49. The molecule has 5 nitrogen and oxygen atoms in total. The Kier molecular flexibility index (Phi) is 7.59. The SMILES string of the molecule is CC(C)C(NC(=O)C(C)N(c1cc(Cl)ccc1Cl)S(C)(=O)=O)C(C)C. The van der Waals surface area contributed by atoms with E-state index < -0.39 is 16.1 Å². The van der Waals surface area contributed by atoms with Crippen LogP contribution in [0.1, 0.15) is 34.6 Å². The lowest BCUT2D eigenvalue weighted by Crippen LogP contribution is -2.52. The maximum Gasteiger partial charge on any atom is 0.243 e. The van der Waals surface area contributed by atoms with Gasteiger partial charge < -0.3 is 5.32 Å². The fourth-order valence-electron chi connectivity index (χ4n) is 2.82. The van der Waals surface area contributed by atoms with Gasteiger partial charge >= 0.3 is 0 Å². The van der Waals surface area contributed by atoms with Gasteiger partial charge in [0.1, 0.15) is 6.04 Å². The van der Waals surface area contributed by atoms with Gasteiger partial charge in [0.2, 0.25) is 15.9 Å². The summed E-state index contributed by atoms with van der Waals surface area (Å²) in [6, 6.07) is 3.48. The van der Waals surface area contributed by atoms with Gasteiger partial charge in [0, 0.05) is 11.1 Å². The van der Waals surface area contributed by atoms with Crippen LogP contribution in [-0.2, 0) is 14.8 Å². The first-order chi connectivity index (χ1) is 11.4. The van der Waals surface area contributed by atoms with Crippen LogP contribution in [0.2, 0.25) is 10.0 Å². The quantitative estimate of drug-likeness (QED) is 0.742. The van der Waals surface area contributed by atoms with Gasteiger partial charge in [-0.05, 0) is 37.0 Å². The second-order valence-corrected chi connectivity index (χ2v) is 9.56. The van der Waals surface area contributed by atoms with Crippen LogP contribution in [-0.4, -0.2) is 32.7 Å². The van der Waals surface area contributed by atoms with Crippen LogP contribution in [0, 0.1) is 11.8 Å². The third kappa shape index (κ3) is 5.76. The van der Waals surface area contributed by atoms with Gasteiger partial charge in [-0.3, -0.25) is 9.10 Å². The molecule has 0 heterocycles. The summed E-state index contributed by atoms with van der Waals surface area (Å²) < 4.78 is 25.7. The number of nitrogens with one attached hydrogen (secondary N) is 1. The van der Waals surface area contributed by atoms with Crippen LogP contribution in [0.5, 0.6) is 0 Å². The highest BCUT2D eigenvalue weighted by molar-refractivity contribution is 7.92. The topological polar surface area (TPSA) is 66.5 Å². The zero-order valence-corrected chi connectivity index (χ0v) is 17.7. The molecular weight excluding hydrogens is 383 g/mol. The molecule has 0 radical (unpaired) electrons. The molecule has 1 amide bonds. The first kappa shape index (κ1) is 22.1. The third-order valence-electron chi connectivity index (χ3n) is 3.98. The van der Waals surface area contributed by atoms with E-state index in [0.29, 0.717) is 5.02 Å². The summed E-state index contributed by atoms with van der Waals surface area (Å²) in [5.41, 5.74) is 0.185. The van der Waals surface area contributed by atoms with Crippen molar-refractivity contribution >= 4 is 44.8 Å². The van der Waals surface area contributed by atoms with Crippen LogP contribution in [0.25, 0.3) is 0 Å². The van der Waals surface area contributed by atoms with E-state index >= 15 is 0 Å². The minimum atomic E-state index is -3.75. The lowest BCUT2D eigenvalue weighted by molar-refractivity contribution is -0.123. The summed E-state index contributed by atoms with van der Waals surface area (Å²) >= 11 is 12.1.